The fourth-order valence-corrected chi connectivity index (χ4v) is 25.1. The lowest BCUT2D eigenvalue weighted by Crippen LogP contribution is -1.98. The molecule has 0 bridgehead atoms. The fourth-order valence-electron chi connectivity index (χ4n) is 21.7. The van der Waals surface area contributed by atoms with Gasteiger partial charge in [-0.3, -0.25) is 0 Å². The average Bonchev–Trinajstić information content (AvgIpc) is 1.55. The molecule has 0 aliphatic heterocycles. The molecule has 0 radical (unpaired) electrons. The maximum absolute atomic E-state index is 2.51. The van der Waals surface area contributed by atoms with E-state index >= 15 is 0 Å². The molecule has 19 aromatic carbocycles. The van der Waals surface area contributed by atoms with Gasteiger partial charge in [-0.15, -0.1) is 34.0 Å². The molecule has 0 aliphatic carbocycles. The second-order valence-corrected chi connectivity index (χ2v) is 36.2. The molecule has 0 fully saturated rings. The quantitative estimate of drug-likeness (QED) is 0.145. The zero-order chi connectivity index (χ0) is 81.4. The largest absolute Gasteiger partial charge is 0.309 e. The van der Waals surface area contributed by atoms with Crippen LogP contribution in [0.5, 0.6) is 0 Å². The number of hydrogen-bond donors (Lipinski definition) is 0. The van der Waals surface area contributed by atoms with Crippen molar-refractivity contribution in [2.75, 3.05) is 0 Å². The van der Waals surface area contributed by atoms with Crippen LogP contribution in [0.2, 0.25) is 0 Å². The molecular weight excluding hydrogens is 1580 g/mol. The molecule has 30 aromatic rings. The summed E-state index contributed by atoms with van der Waals surface area (Å²) in [7, 11) is 0. The molecule has 0 amide bonds. The second kappa shape index (κ2) is 26.4. The Morgan fingerprint density at radius 2 is 0.304 bits per heavy atom. The predicted octanol–water partition coefficient (Wildman–Crippen LogP) is 31.8. The molecule has 11 heterocycles. The Bertz CT molecular complexity index is 9600. The summed E-state index contributed by atoms with van der Waals surface area (Å²) in [5, 5.41) is 21.1. The van der Waals surface area contributed by atoms with Crippen LogP contribution in [0, 0.1) is 0 Å². The molecule has 8 nitrogen and oxygen atoms in total. The zero-order valence-electron chi connectivity index (χ0n) is 67.1. The molecule has 0 saturated carbocycles. The minimum absolute atomic E-state index is 1.16. The van der Waals surface area contributed by atoms with Crippen LogP contribution in [0.3, 0.4) is 0 Å². The number of benzene rings is 19. The molecule has 125 heavy (non-hydrogen) atoms. The van der Waals surface area contributed by atoms with Gasteiger partial charge in [0.2, 0.25) is 0 Å². The molecule has 0 saturated heterocycles. The van der Waals surface area contributed by atoms with E-state index < -0.39 is 0 Å². The van der Waals surface area contributed by atoms with Crippen LogP contribution in [0.15, 0.2) is 413 Å². The lowest BCUT2D eigenvalue weighted by atomic mass is 10.1. The highest BCUT2D eigenvalue weighted by Gasteiger charge is 2.30. The third kappa shape index (κ3) is 9.68. The van der Waals surface area contributed by atoms with Gasteiger partial charge in [0.25, 0.3) is 0 Å². The van der Waals surface area contributed by atoms with E-state index in [4.69, 9.17) is 0 Å². The number of thiophene rings is 3. The lowest BCUT2D eigenvalue weighted by Gasteiger charge is -2.14. The van der Waals surface area contributed by atoms with Crippen molar-refractivity contribution in [1.82, 2.24) is 36.5 Å². The van der Waals surface area contributed by atoms with E-state index in [9.17, 15) is 0 Å². The number of para-hydroxylation sites is 8. The van der Waals surface area contributed by atoms with E-state index in [0.717, 1.165) is 5.69 Å². The van der Waals surface area contributed by atoms with Crippen molar-refractivity contribution < 1.29 is 0 Å². The van der Waals surface area contributed by atoms with Gasteiger partial charge in [-0.25, -0.2) is 0 Å². The van der Waals surface area contributed by atoms with Crippen molar-refractivity contribution in [3.8, 4) is 45.5 Å². The standard InChI is InChI=1S/2C42H25N3S.C30H18N2S/c1-3-11-26(12-4-1)43-31-16-8-7-15-29(31)30-25-28(21-22-32(30)43)45-34-18-9-17-33-39(34)41-36(44(33)27-13-5-2-6-14-27)23-24-38-42(41)40-35(45)19-10-20-37(40)46-38;1-3-11-26(12-4-1)43-31-16-8-7-15-29(31)30-25-28(21-22-32(30)43)45-34-18-9-17-33-39(34)41-36(45)23-24-38-42(41)40-35(19-10-20-37(40)46-38)44(33)27-13-5-2-6-14-27;1-3-9-19(10-4-1)31-21-13-7-14-22-27(21)29-24(32(22)20-11-5-2-6-12-20)17-18-26-30(29)28-23(31)15-8-16-25(28)33-26/h2*1-25H;1-18H. The van der Waals surface area contributed by atoms with E-state index in [2.05, 4.69) is 449 Å². The number of nitrogens with zero attached hydrogens (tertiary/aromatic N) is 8. The van der Waals surface area contributed by atoms with Crippen LogP contribution in [0.4, 0.5) is 0 Å². The lowest BCUT2D eigenvalue weighted by molar-refractivity contribution is 1.16. The number of aromatic nitrogens is 8. The predicted molar refractivity (Wildman–Crippen MR) is 534 cm³/mol. The highest BCUT2D eigenvalue weighted by Crippen LogP contribution is 2.53. The molecule has 11 heteroatoms. The highest BCUT2D eigenvalue weighted by atomic mass is 32.1. The van der Waals surface area contributed by atoms with Crippen LogP contribution >= 0.6 is 34.0 Å². The molecule has 0 spiro atoms. The Balaban J connectivity index is 0.0000000971. The summed E-state index contributed by atoms with van der Waals surface area (Å²) in [6, 6.07) is 151. The average molecular weight is 1650 g/mol. The Morgan fingerprint density at radius 3 is 0.584 bits per heavy atom. The summed E-state index contributed by atoms with van der Waals surface area (Å²) in [6.07, 6.45) is 0. The summed E-state index contributed by atoms with van der Waals surface area (Å²) in [4.78, 5) is 0. The zero-order valence-corrected chi connectivity index (χ0v) is 69.5. The smallest absolute Gasteiger partial charge is 0.0562 e. The monoisotopic (exact) mass is 1640 g/mol. The van der Waals surface area contributed by atoms with E-state index in [1.54, 1.807) is 0 Å². The first kappa shape index (κ1) is 69.0. The van der Waals surface area contributed by atoms with Gasteiger partial charge >= 0.3 is 0 Å². The van der Waals surface area contributed by atoms with Crippen LogP contribution in [-0.2, 0) is 0 Å². The minimum atomic E-state index is 1.16. The van der Waals surface area contributed by atoms with Gasteiger partial charge in [0.05, 0.1) is 88.3 Å². The van der Waals surface area contributed by atoms with Crippen LogP contribution in [-0.4, -0.2) is 36.5 Å². The number of fused-ring (bicyclic) bond motifs is 6. The van der Waals surface area contributed by atoms with Gasteiger partial charge in [0.1, 0.15) is 0 Å². The van der Waals surface area contributed by atoms with Gasteiger partial charge in [0.15, 0.2) is 0 Å². The first-order valence-corrected chi connectivity index (χ1v) is 45.1. The molecule has 0 aliphatic rings. The van der Waals surface area contributed by atoms with Gasteiger partial charge in [-0.1, -0.05) is 182 Å². The molecule has 0 N–H and O–H groups in total. The summed E-state index contributed by atoms with van der Waals surface area (Å²) in [5.74, 6) is 0. The molecule has 582 valence electrons. The van der Waals surface area contributed by atoms with E-state index in [-0.39, 0.29) is 0 Å². The Morgan fingerprint density at radius 1 is 0.112 bits per heavy atom. The Labute approximate surface area is 725 Å². The van der Waals surface area contributed by atoms with Gasteiger partial charge < -0.3 is 36.5 Å². The number of hydrogen-bond acceptors (Lipinski definition) is 3. The molecule has 0 unspecified atom stereocenters. The van der Waals surface area contributed by atoms with Gasteiger partial charge in [-0.2, -0.15) is 0 Å². The first-order valence-electron chi connectivity index (χ1n) is 42.6. The minimum Gasteiger partial charge on any atom is -0.309 e. The van der Waals surface area contributed by atoms with E-state index in [1.807, 2.05) is 34.0 Å². The molecule has 11 aromatic heterocycles. The van der Waals surface area contributed by atoms with Crippen LogP contribution < -0.4 is 0 Å². The summed E-state index contributed by atoms with van der Waals surface area (Å²) in [5.41, 5.74) is 29.1. The molecule has 30 rings (SSSR count). The van der Waals surface area contributed by atoms with E-state index in [0.29, 0.717) is 0 Å². The Hall–Kier alpha value is -15.8. The van der Waals surface area contributed by atoms with Crippen LogP contribution in [0.1, 0.15) is 0 Å². The van der Waals surface area contributed by atoms with Gasteiger partial charge in [0, 0.05) is 160 Å². The molecular formula is C114H68N8S3. The topological polar surface area (TPSA) is 39.4 Å². The van der Waals surface area contributed by atoms with Crippen LogP contribution in [0.25, 0.3) is 248 Å². The highest BCUT2D eigenvalue weighted by molar-refractivity contribution is 7.27. The molecule has 0 atom stereocenters. The maximum Gasteiger partial charge on any atom is 0.0562 e. The Kier molecular flexibility index (Phi) is 14.5. The second-order valence-electron chi connectivity index (χ2n) is 32.9. The fraction of sp³-hybridized carbons (Fsp3) is 0. The van der Waals surface area contributed by atoms with Crippen molar-refractivity contribution in [2.45, 2.75) is 0 Å². The maximum atomic E-state index is 2.51. The van der Waals surface area contributed by atoms with Crippen molar-refractivity contribution in [1.29, 1.82) is 0 Å². The normalized spacial score (nSPS) is 12.3. The third-order valence-corrected chi connectivity index (χ3v) is 29.8. The van der Waals surface area contributed by atoms with Crippen molar-refractivity contribution >= 4 is 237 Å². The first-order chi connectivity index (χ1) is 62.1. The van der Waals surface area contributed by atoms with Crippen molar-refractivity contribution in [3.05, 3.63) is 413 Å². The van der Waals surface area contributed by atoms with Crippen molar-refractivity contribution in [3.63, 3.8) is 0 Å². The SMILES string of the molecule is c1ccc(-n2c3cccc4sc5ccc6c(c5c43)c3c2cccc3n6-c2ccccc2)cc1.c1ccc(-n2c3ccccc3c3cc(-n4c5ccc6sc7cccc8c7c6c5c5c(cccc54)n8-c4ccccc4)ccc32)cc1.c1ccc(-n2c3ccccc3c3cc(-n4c5cccc6sc7ccc8c(c7c65)c5c4cccc5n8-c4ccccc4)ccc32)cc1. The van der Waals surface area contributed by atoms with Crippen molar-refractivity contribution in [2.24, 2.45) is 0 Å². The summed E-state index contributed by atoms with van der Waals surface area (Å²) < 4.78 is 27.6. The third-order valence-electron chi connectivity index (χ3n) is 26.5. The number of rotatable bonds is 8. The summed E-state index contributed by atoms with van der Waals surface area (Å²) >= 11 is 5.69. The van der Waals surface area contributed by atoms with E-state index in [1.165, 1.54) is 242 Å². The summed E-state index contributed by atoms with van der Waals surface area (Å²) in [6.45, 7) is 0. The van der Waals surface area contributed by atoms with Gasteiger partial charge in [-0.05, 0) is 231 Å².